The zero-order valence-corrected chi connectivity index (χ0v) is 16.3. The summed E-state index contributed by atoms with van der Waals surface area (Å²) in [4.78, 5) is 18.9. The van der Waals surface area contributed by atoms with Gasteiger partial charge in [-0.1, -0.05) is 0 Å². The summed E-state index contributed by atoms with van der Waals surface area (Å²) in [5.74, 6) is 2.22. The summed E-state index contributed by atoms with van der Waals surface area (Å²) in [5, 5.41) is 0. The van der Waals surface area contributed by atoms with E-state index in [4.69, 9.17) is 9.97 Å². The largest absolute Gasteiger partial charge is 0.356 e. The molecule has 2 aromatic rings. The second kappa shape index (κ2) is 7.15. The van der Waals surface area contributed by atoms with E-state index in [0.717, 1.165) is 62.0 Å². The molecule has 0 radical (unpaired) electrons. The van der Waals surface area contributed by atoms with Crippen LogP contribution in [0.25, 0.3) is 11.3 Å². The van der Waals surface area contributed by atoms with E-state index in [1.165, 1.54) is 30.7 Å². The number of rotatable bonds is 4. The van der Waals surface area contributed by atoms with E-state index in [1.807, 2.05) is 0 Å². The number of piperidine rings is 1. The first-order valence-corrected chi connectivity index (χ1v) is 10.4. The van der Waals surface area contributed by atoms with Gasteiger partial charge in [0, 0.05) is 48.9 Å². The summed E-state index contributed by atoms with van der Waals surface area (Å²) in [5.41, 5.74) is 3.20. The second-order valence-electron chi connectivity index (χ2n) is 8.17. The summed E-state index contributed by atoms with van der Waals surface area (Å²) < 4.78 is 13.4. The van der Waals surface area contributed by atoms with Crippen molar-refractivity contribution >= 4 is 17.5 Å². The number of hydrogen-bond acceptors (Lipinski definition) is 5. The van der Waals surface area contributed by atoms with Crippen molar-refractivity contribution < 1.29 is 4.39 Å². The third-order valence-electron chi connectivity index (χ3n) is 6.28. The second-order valence-corrected chi connectivity index (χ2v) is 8.17. The van der Waals surface area contributed by atoms with E-state index < -0.39 is 0 Å². The van der Waals surface area contributed by atoms with E-state index in [1.54, 1.807) is 12.1 Å². The molecule has 0 bridgehead atoms. The summed E-state index contributed by atoms with van der Waals surface area (Å²) in [6.45, 7) is 6.21. The van der Waals surface area contributed by atoms with E-state index in [0.29, 0.717) is 12.0 Å². The quantitative estimate of drug-likeness (QED) is 0.807. The van der Waals surface area contributed by atoms with Crippen LogP contribution < -0.4 is 9.80 Å². The van der Waals surface area contributed by atoms with E-state index in [-0.39, 0.29) is 5.82 Å². The molecule has 6 heteroatoms. The Morgan fingerprint density at radius 3 is 2.39 bits per heavy atom. The zero-order chi connectivity index (χ0) is 19.1. The number of nitrogens with zero attached hydrogens (tertiary/aromatic N) is 5. The molecule has 1 aromatic heterocycles. The molecule has 0 amide bonds. The highest BCUT2D eigenvalue weighted by atomic mass is 19.1. The van der Waals surface area contributed by atoms with Crippen LogP contribution in [0.1, 0.15) is 32.6 Å². The Morgan fingerprint density at radius 1 is 1.00 bits per heavy atom. The van der Waals surface area contributed by atoms with Gasteiger partial charge >= 0.3 is 0 Å². The highest BCUT2D eigenvalue weighted by Crippen LogP contribution is 2.31. The van der Waals surface area contributed by atoms with Crippen molar-refractivity contribution in [2.45, 2.75) is 38.6 Å². The normalized spacial score (nSPS) is 22.5. The van der Waals surface area contributed by atoms with Crippen LogP contribution >= 0.6 is 0 Å². The Morgan fingerprint density at radius 2 is 1.75 bits per heavy atom. The molecule has 2 fully saturated rings. The van der Waals surface area contributed by atoms with Crippen molar-refractivity contribution in [2.24, 2.45) is 10.9 Å². The molecule has 1 unspecified atom stereocenters. The highest BCUT2D eigenvalue weighted by molar-refractivity contribution is 5.98. The summed E-state index contributed by atoms with van der Waals surface area (Å²) in [6.07, 6.45) is 4.63. The van der Waals surface area contributed by atoms with Gasteiger partial charge in [-0.2, -0.15) is 4.98 Å². The average Bonchev–Trinajstić information content (AvgIpc) is 3.49. The van der Waals surface area contributed by atoms with Crippen LogP contribution in [-0.4, -0.2) is 47.9 Å². The minimum Gasteiger partial charge on any atom is -0.356 e. The molecular formula is C22H26FN5. The van der Waals surface area contributed by atoms with E-state index in [9.17, 15) is 4.39 Å². The lowest BCUT2D eigenvalue weighted by Gasteiger charge is -2.32. The van der Waals surface area contributed by atoms with Gasteiger partial charge in [0.1, 0.15) is 11.6 Å². The molecule has 28 heavy (non-hydrogen) atoms. The van der Waals surface area contributed by atoms with Crippen LogP contribution in [0.4, 0.5) is 16.2 Å². The third kappa shape index (κ3) is 3.48. The lowest BCUT2D eigenvalue weighted by molar-refractivity contribution is 0.503. The zero-order valence-electron chi connectivity index (χ0n) is 16.3. The smallest absolute Gasteiger partial charge is 0.228 e. The predicted octanol–water partition coefficient (Wildman–Crippen LogP) is 3.94. The van der Waals surface area contributed by atoms with Crippen LogP contribution in [0.2, 0.25) is 0 Å². The number of benzene rings is 1. The Kier molecular flexibility index (Phi) is 4.49. The fraction of sp³-hybridized carbons (Fsp3) is 0.500. The van der Waals surface area contributed by atoms with Crippen molar-refractivity contribution in [2.75, 3.05) is 36.0 Å². The van der Waals surface area contributed by atoms with Crippen molar-refractivity contribution in [3.8, 4) is 11.3 Å². The minimum atomic E-state index is -0.225. The fourth-order valence-electron chi connectivity index (χ4n) is 4.46. The first kappa shape index (κ1) is 17.6. The monoisotopic (exact) mass is 379 g/mol. The average molecular weight is 379 g/mol. The first-order chi connectivity index (χ1) is 13.7. The molecule has 2 saturated heterocycles. The van der Waals surface area contributed by atoms with Crippen LogP contribution in [0.5, 0.6) is 0 Å². The molecule has 0 spiro atoms. The van der Waals surface area contributed by atoms with Gasteiger partial charge in [0.25, 0.3) is 0 Å². The van der Waals surface area contributed by atoms with Gasteiger partial charge in [0.2, 0.25) is 5.95 Å². The van der Waals surface area contributed by atoms with Crippen LogP contribution in [0, 0.1) is 11.7 Å². The number of halogens is 1. The SMILES string of the molecule is CC1CCCN1c1nc(-c2ccc(F)cc2)cc(N2CCC(C3=NC3)CC2)n1. The minimum absolute atomic E-state index is 0.225. The lowest BCUT2D eigenvalue weighted by atomic mass is 9.94. The molecular weight excluding hydrogens is 353 g/mol. The van der Waals surface area contributed by atoms with Gasteiger partial charge in [-0.05, 0) is 56.9 Å². The summed E-state index contributed by atoms with van der Waals surface area (Å²) in [6, 6.07) is 9.11. The summed E-state index contributed by atoms with van der Waals surface area (Å²) >= 11 is 0. The number of aliphatic imine (C=N–C) groups is 1. The fourth-order valence-corrected chi connectivity index (χ4v) is 4.46. The standard InChI is InChI=1S/C22H26FN5/c1-15-3-2-10-28(15)22-25-19(16-4-6-18(23)7-5-16)13-21(26-22)27-11-8-17(9-12-27)20-14-24-20/h4-7,13,15,17H,2-3,8-12,14H2,1H3. The number of aromatic nitrogens is 2. The van der Waals surface area contributed by atoms with Gasteiger partial charge in [-0.3, -0.25) is 4.99 Å². The molecule has 0 N–H and O–H groups in total. The molecule has 146 valence electrons. The molecule has 3 aliphatic heterocycles. The molecule has 0 aliphatic carbocycles. The van der Waals surface area contributed by atoms with Crippen LogP contribution in [-0.2, 0) is 0 Å². The van der Waals surface area contributed by atoms with Gasteiger partial charge in [0.15, 0.2) is 0 Å². The van der Waals surface area contributed by atoms with E-state index in [2.05, 4.69) is 27.8 Å². The number of anilines is 2. The van der Waals surface area contributed by atoms with Gasteiger partial charge in [-0.25, -0.2) is 9.37 Å². The summed E-state index contributed by atoms with van der Waals surface area (Å²) in [7, 11) is 0. The topological polar surface area (TPSA) is 44.6 Å². The Bertz CT molecular complexity index is 886. The maximum atomic E-state index is 13.4. The van der Waals surface area contributed by atoms with E-state index >= 15 is 0 Å². The Balaban J connectivity index is 1.47. The van der Waals surface area contributed by atoms with Crippen molar-refractivity contribution in [1.82, 2.24) is 9.97 Å². The Hall–Kier alpha value is -2.50. The third-order valence-corrected chi connectivity index (χ3v) is 6.28. The predicted molar refractivity (Wildman–Crippen MR) is 111 cm³/mol. The lowest BCUT2D eigenvalue weighted by Crippen LogP contribution is -2.36. The van der Waals surface area contributed by atoms with Crippen molar-refractivity contribution in [3.05, 3.63) is 36.1 Å². The highest BCUT2D eigenvalue weighted by Gasteiger charge is 2.29. The maximum absolute atomic E-state index is 13.4. The van der Waals surface area contributed by atoms with Crippen LogP contribution in [0.15, 0.2) is 35.3 Å². The van der Waals surface area contributed by atoms with Crippen molar-refractivity contribution in [3.63, 3.8) is 0 Å². The first-order valence-electron chi connectivity index (χ1n) is 10.4. The molecule has 5 nitrogen and oxygen atoms in total. The van der Waals surface area contributed by atoms with Gasteiger partial charge < -0.3 is 9.80 Å². The molecule has 3 aliphatic rings. The molecule has 4 heterocycles. The maximum Gasteiger partial charge on any atom is 0.228 e. The van der Waals surface area contributed by atoms with Gasteiger partial charge in [-0.15, -0.1) is 0 Å². The van der Waals surface area contributed by atoms with Crippen molar-refractivity contribution in [1.29, 1.82) is 0 Å². The van der Waals surface area contributed by atoms with Gasteiger partial charge in [0.05, 0.1) is 12.2 Å². The molecule has 1 atom stereocenters. The molecule has 0 saturated carbocycles. The molecule has 1 aromatic carbocycles. The number of hydrogen-bond donors (Lipinski definition) is 0. The Labute approximate surface area is 165 Å². The molecule has 5 rings (SSSR count). The van der Waals surface area contributed by atoms with Crippen LogP contribution in [0.3, 0.4) is 0 Å².